The average molecular weight is 284 g/mol. The molecule has 0 aliphatic carbocycles. The van der Waals surface area contributed by atoms with E-state index in [0.717, 1.165) is 18.2 Å². The summed E-state index contributed by atoms with van der Waals surface area (Å²) in [5.41, 5.74) is 5.09. The first kappa shape index (κ1) is 13.3. The van der Waals surface area contributed by atoms with E-state index in [-0.39, 0.29) is 10.6 Å². The number of nitrogens with one attached hydrogen (secondary N) is 1. The summed E-state index contributed by atoms with van der Waals surface area (Å²) in [5, 5.41) is 0. The number of benzene rings is 2. The number of anilines is 2. The van der Waals surface area contributed by atoms with Crippen molar-refractivity contribution in [2.45, 2.75) is 4.90 Å². The van der Waals surface area contributed by atoms with Gasteiger partial charge in [0.05, 0.1) is 11.4 Å². The maximum atomic E-state index is 13.4. The first-order chi connectivity index (χ1) is 8.90. The molecule has 100 valence electrons. The van der Waals surface area contributed by atoms with E-state index < -0.39 is 27.3 Å². The van der Waals surface area contributed by atoms with E-state index in [4.69, 9.17) is 5.73 Å². The Morgan fingerprint density at radius 1 is 1.05 bits per heavy atom. The summed E-state index contributed by atoms with van der Waals surface area (Å²) in [6.07, 6.45) is 0. The van der Waals surface area contributed by atoms with Crippen LogP contribution in [-0.2, 0) is 10.0 Å². The van der Waals surface area contributed by atoms with Gasteiger partial charge < -0.3 is 5.73 Å². The van der Waals surface area contributed by atoms with Crippen molar-refractivity contribution in [1.29, 1.82) is 0 Å². The van der Waals surface area contributed by atoms with E-state index in [1.54, 1.807) is 6.07 Å². The normalized spacial score (nSPS) is 11.3. The highest BCUT2D eigenvalue weighted by Crippen LogP contribution is 2.23. The summed E-state index contributed by atoms with van der Waals surface area (Å²) in [5.74, 6) is -1.63. The van der Waals surface area contributed by atoms with Gasteiger partial charge in [0.2, 0.25) is 0 Å². The molecule has 0 aromatic heterocycles. The van der Waals surface area contributed by atoms with E-state index in [2.05, 4.69) is 0 Å². The number of rotatable bonds is 3. The minimum Gasteiger partial charge on any atom is -0.398 e. The zero-order valence-electron chi connectivity index (χ0n) is 9.60. The molecule has 0 saturated carbocycles. The van der Waals surface area contributed by atoms with Crippen LogP contribution in [0.5, 0.6) is 0 Å². The van der Waals surface area contributed by atoms with Crippen molar-refractivity contribution in [3.05, 3.63) is 54.1 Å². The standard InChI is InChI=1S/C12H10F2N2O2S/c13-8-5-6-9(14)11(7-8)16-19(17,18)12-4-2-1-3-10(12)15/h1-7,16H,15H2. The van der Waals surface area contributed by atoms with E-state index in [0.29, 0.717) is 0 Å². The van der Waals surface area contributed by atoms with Crippen LogP contribution < -0.4 is 10.5 Å². The van der Waals surface area contributed by atoms with Gasteiger partial charge in [0.1, 0.15) is 16.5 Å². The molecule has 0 saturated heterocycles. The lowest BCUT2D eigenvalue weighted by Gasteiger charge is -2.10. The summed E-state index contributed by atoms with van der Waals surface area (Å²) in [6.45, 7) is 0. The molecule has 2 aromatic rings. The Hall–Kier alpha value is -2.15. The van der Waals surface area contributed by atoms with Crippen molar-refractivity contribution in [2.75, 3.05) is 10.5 Å². The molecule has 0 spiro atoms. The van der Waals surface area contributed by atoms with Gasteiger partial charge in [-0.15, -0.1) is 0 Å². The van der Waals surface area contributed by atoms with E-state index in [9.17, 15) is 17.2 Å². The van der Waals surface area contributed by atoms with Crippen molar-refractivity contribution >= 4 is 21.4 Å². The van der Waals surface area contributed by atoms with Crippen LogP contribution in [0.15, 0.2) is 47.4 Å². The lowest BCUT2D eigenvalue weighted by molar-refractivity contribution is 0.594. The molecule has 0 atom stereocenters. The van der Waals surface area contributed by atoms with Crippen LogP contribution in [0.25, 0.3) is 0 Å². The Balaban J connectivity index is 2.43. The molecule has 2 rings (SSSR count). The van der Waals surface area contributed by atoms with Crippen LogP contribution in [0.2, 0.25) is 0 Å². The molecule has 0 aliphatic heterocycles. The fourth-order valence-corrected chi connectivity index (χ4v) is 2.69. The van der Waals surface area contributed by atoms with Crippen LogP contribution in [-0.4, -0.2) is 8.42 Å². The molecule has 0 fully saturated rings. The third-order valence-corrected chi connectivity index (χ3v) is 3.82. The number of nitrogens with two attached hydrogens (primary N) is 1. The topological polar surface area (TPSA) is 72.2 Å². The maximum Gasteiger partial charge on any atom is 0.264 e. The van der Waals surface area contributed by atoms with Gasteiger partial charge in [-0.2, -0.15) is 0 Å². The summed E-state index contributed by atoms with van der Waals surface area (Å²) < 4.78 is 52.3. The lowest BCUT2D eigenvalue weighted by atomic mass is 10.3. The SMILES string of the molecule is Nc1ccccc1S(=O)(=O)Nc1cc(F)ccc1F. The van der Waals surface area contributed by atoms with Crippen molar-refractivity contribution in [1.82, 2.24) is 0 Å². The van der Waals surface area contributed by atoms with Gasteiger partial charge in [-0.05, 0) is 24.3 Å². The fourth-order valence-electron chi connectivity index (χ4n) is 1.50. The smallest absolute Gasteiger partial charge is 0.264 e. The van der Waals surface area contributed by atoms with E-state index in [1.807, 2.05) is 4.72 Å². The van der Waals surface area contributed by atoms with Crippen LogP contribution in [0.1, 0.15) is 0 Å². The van der Waals surface area contributed by atoms with Gasteiger partial charge in [0, 0.05) is 6.07 Å². The predicted molar refractivity (Wildman–Crippen MR) is 68.0 cm³/mol. The molecule has 0 radical (unpaired) electrons. The van der Waals surface area contributed by atoms with Gasteiger partial charge in [-0.3, -0.25) is 4.72 Å². The second-order valence-corrected chi connectivity index (χ2v) is 5.42. The van der Waals surface area contributed by atoms with Crippen LogP contribution >= 0.6 is 0 Å². The molecule has 0 unspecified atom stereocenters. The molecular formula is C12H10F2N2O2S. The summed E-state index contributed by atoms with van der Waals surface area (Å²) in [7, 11) is -4.06. The van der Waals surface area contributed by atoms with Gasteiger partial charge in [-0.1, -0.05) is 12.1 Å². The predicted octanol–water partition coefficient (Wildman–Crippen LogP) is 2.35. The number of hydrogen-bond donors (Lipinski definition) is 2. The van der Waals surface area contributed by atoms with Gasteiger partial charge in [0.25, 0.3) is 10.0 Å². The van der Waals surface area contributed by atoms with Crippen LogP contribution in [0.3, 0.4) is 0 Å². The maximum absolute atomic E-state index is 13.4. The molecule has 0 heterocycles. The third kappa shape index (κ3) is 2.82. The van der Waals surface area contributed by atoms with Gasteiger partial charge in [-0.25, -0.2) is 17.2 Å². The Bertz CT molecular complexity index is 717. The minimum absolute atomic E-state index is 0.0202. The Morgan fingerprint density at radius 3 is 2.42 bits per heavy atom. The first-order valence-electron chi connectivity index (χ1n) is 5.22. The average Bonchev–Trinajstić information content (AvgIpc) is 2.34. The molecule has 4 nitrogen and oxygen atoms in total. The van der Waals surface area contributed by atoms with Crippen LogP contribution in [0, 0.1) is 11.6 Å². The second kappa shape index (κ2) is 4.85. The summed E-state index contributed by atoms with van der Waals surface area (Å²) in [6, 6.07) is 8.20. The first-order valence-corrected chi connectivity index (χ1v) is 6.71. The van der Waals surface area contributed by atoms with E-state index in [1.165, 1.54) is 18.2 Å². The molecule has 0 bridgehead atoms. The monoisotopic (exact) mass is 284 g/mol. The molecule has 0 aliphatic rings. The molecular weight excluding hydrogens is 274 g/mol. The summed E-state index contributed by atoms with van der Waals surface area (Å²) >= 11 is 0. The van der Waals surface area contributed by atoms with Gasteiger partial charge >= 0.3 is 0 Å². The molecule has 0 amide bonds. The van der Waals surface area contributed by atoms with Gasteiger partial charge in [0.15, 0.2) is 0 Å². The molecule has 19 heavy (non-hydrogen) atoms. The lowest BCUT2D eigenvalue weighted by Crippen LogP contribution is -2.15. The summed E-state index contributed by atoms with van der Waals surface area (Å²) in [4.78, 5) is -0.196. The quantitative estimate of drug-likeness (QED) is 0.850. The number of para-hydroxylation sites is 1. The Kier molecular flexibility index (Phi) is 3.39. The van der Waals surface area contributed by atoms with Crippen molar-refractivity contribution in [2.24, 2.45) is 0 Å². The number of hydrogen-bond acceptors (Lipinski definition) is 3. The molecule has 2 aromatic carbocycles. The zero-order chi connectivity index (χ0) is 14.0. The highest BCUT2D eigenvalue weighted by atomic mass is 32.2. The number of halogens is 2. The zero-order valence-corrected chi connectivity index (χ0v) is 10.4. The second-order valence-electron chi connectivity index (χ2n) is 3.77. The fraction of sp³-hybridized carbons (Fsp3) is 0. The van der Waals surface area contributed by atoms with Crippen molar-refractivity contribution in [3.8, 4) is 0 Å². The van der Waals surface area contributed by atoms with Crippen LogP contribution in [0.4, 0.5) is 20.2 Å². The molecule has 3 N–H and O–H groups in total. The Morgan fingerprint density at radius 2 is 1.74 bits per heavy atom. The van der Waals surface area contributed by atoms with Crippen molar-refractivity contribution in [3.63, 3.8) is 0 Å². The highest BCUT2D eigenvalue weighted by Gasteiger charge is 2.18. The van der Waals surface area contributed by atoms with Crippen molar-refractivity contribution < 1.29 is 17.2 Å². The van der Waals surface area contributed by atoms with E-state index >= 15 is 0 Å². The third-order valence-electron chi connectivity index (χ3n) is 2.38. The number of nitrogen functional groups attached to an aromatic ring is 1. The Labute approximate surface area is 108 Å². The highest BCUT2D eigenvalue weighted by molar-refractivity contribution is 7.92. The number of sulfonamides is 1. The molecule has 7 heteroatoms. The minimum atomic E-state index is -4.06. The largest absolute Gasteiger partial charge is 0.398 e.